The minimum absolute atomic E-state index is 0.0102. The van der Waals surface area contributed by atoms with E-state index in [4.69, 9.17) is 5.73 Å². The smallest absolute Gasteiger partial charge is 0.235 e. The number of nitrogens with zero attached hydrogens (tertiary/aromatic N) is 2. The number of likely N-dealkylation sites (N-methyl/N-ethyl adjacent to an activating group) is 1. The van der Waals surface area contributed by atoms with E-state index in [-0.39, 0.29) is 29.8 Å². The maximum Gasteiger partial charge on any atom is 0.235 e. The number of carbonyl (C=O) groups is 6. The zero-order valence-electron chi connectivity index (χ0n) is 22.3. The Morgan fingerprint density at radius 3 is 2.33 bits per heavy atom. The van der Waals surface area contributed by atoms with Gasteiger partial charge in [0.2, 0.25) is 11.8 Å². The highest BCUT2D eigenvalue weighted by atomic mass is 32.2. The molecule has 2 fully saturated rings. The molecule has 6 atom stereocenters. The van der Waals surface area contributed by atoms with Crippen LogP contribution in [0.3, 0.4) is 0 Å². The molecule has 4 rings (SSSR count). The molecule has 5 N–H and O–H groups in total. The number of benzene rings is 1. The van der Waals surface area contributed by atoms with E-state index in [9.17, 15) is 39.0 Å². The minimum Gasteiger partial charge on any atom is -0.505 e. The average Bonchev–Trinajstić information content (AvgIpc) is 2.82. The Morgan fingerprint density at radius 2 is 1.79 bits per heavy atom. The van der Waals surface area contributed by atoms with Crippen LogP contribution in [0.1, 0.15) is 22.3 Å². The number of carbonyl (C=O) groups excluding carboxylic acids is 6. The first kappa shape index (κ1) is 28.7. The number of thioether (sulfide) groups is 1. The van der Waals surface area contributed by atoms with Gasteiger partial charge in [-0.15, -0.1) is 0 Å². The Kier molecular flexibility index (Phi) is 7.38. The second kappa shape index (κ2) is 10.0. The molecule has 0 spiro atoms. The average molecular weight is 561 g/mol. The molecule has 0 heterocycles. The number of nitrogens with two attached hydrogens (primary N) is 1. The Labute approximate surface area is 229 Å². The number of aromatic hydroxyl groups is 1. The maximum absolute atomic E-state index is 13.9. The van der Waals surface area contributed by atoms with Gasteiger partial charge in [0.1, 0.15) is 5.75 Å². The Morgan fingerprint density at radius 1 is 1.15 bits per heavy atom. The lowest BCUT2D eigenvalue weighted by Crippen LogP contribution is -2.74. The van der Waals surface area contributed by atoms with Gasteiger partial charge in [0.25, 0.3) is 0 Å². The van der Waals surface area contributed by atoms with Gasteiger partial charge >= 0.3 is 0 Å². The Bertz CT molecular complexity index is 1310. The summed E-state index contributed by atoms with van der Waals surface area (Å²) in [5.41, 5.74) is 3.36. The summed E-state index contributed by atoms with van der Waals surface area (Å²) in [5, 5.41) is 25.4. The number of rotatable bonds is 6. The fourth-order valence-corrected chi connectivity index (χ4v) is 6.80. The van der Waals surface area contributed by atoms with Gasteiger partial charge in [-0.2, -0.15) is 11.8 Å². The van der Waals surface area contributed by atoms with E-state index < -0.39 is 76.0 Å². The highest BCUT2D eigenvalue weighted by molar-refractivity contribution is 7.99. The summed E-state index contributed by atoms with van der Waals surface area (Å²) in [7, 11) is 6.52. The summed E-state index contributed by atoms with van der Waals surface area (Å²) >= 11 is 1.27. The number of anilines is 2. The van der Waals surface area contributed by atoms with Crippen LogP contribution in [0.25, 0.3) is 0 Å². The lowest BCUT2D eigenvalue weighted by Gasteiger charge is -2.52. The van der Waals surface area contributed by atoms with Crippen LogP contribution in [0.4, 0.5) is 11.4 Å². The summed E-state index contributed by atoms with van der Waals surface area (Å²) < 4.78 is 0. The van der Waals surface area contributed by atoms with E-state index >= 15 is 0 Å². The molecule has 0 aromatic heterocycles. The van der Waals surface area contributed by atoms with Crippen molar-refractivity contribution in [1.29, 1.82) is 0 Å². The predicted octanol–water partition coefficient (Wildman–Crippen LogP) is -0.765. The lowest BCUT2D eigenvalue weighted by molar-refractivity contribution is -0.181. The molecule has 210 valence electrons. The number of hydrogen-bond acceptors (Lipinski definition) is 11. The van der Waals surface area contributed by atoms with Crippen LogP contribution >= 0.6 is 11.8 Å². The molecular weight excluding hydrogens is 528 g/mol. The van der Waals surface area contributed by atoms with Crippen molar-refractivity contribution in [2.45, 2.75) is 24.5 Å². The summed E-state index contributed by atoms with van der Waals surface area (Å²) in [6, 6.07) is 0.386. The molecule has 39 heavy (non-hydrogen) atoms. The van der Waals surface area contributed by atoms with Gasteiger partial charge in [-0.3, -0.25) is 33.7 Å². The van der Waals surface area contributed by atoms with Gasteiger partial charge in [0.15, 0.2) is 34.7 Å². The number of ketones is 4. The van der Waals surface area contributed by atoms with Gasteiger partial charge in [-0.1, -0.05) is 0 Å². The number of aliphatic hydroxyl groups is 1. The molecular formula is C26H32N4O8S. The highest BCUT2D eigenvalue weighted by Gasteiger charge is 2.69. The van der Waals surface area contributed by atoms with Crippen molar-refractivity contribution in [3.63, 3.8) is 0 Å². The van der Waals surface area contributed by atoms with Crippen LogP contribution in [0.2, 0.25) is 0 Å². The SMILES string of the molecule is CSCC(=O)Nc1cc(N(C)C)c2c(c1O)C(=O)C1C(=O)[C@]3(O)C(=O)C(C(N)=O)C(=O)[C@@H](N(C)C)[C@@H]3C[C@@H]1C2. The van der Waals surface area contributed by atoms with Crippen molar-refractivity contribution >= 4 is 58.1 Å². The van der Waals surface area contributed by atoms with E-state index in [1.54, 1.807) is 31.3 Å². The number of nitrogens with one attached hydrogen (secondary N) is 1. The number of phenolic OH excluding ortho intramolecular Hbond substituents is 1. The molecule has 2 unspecified atom stereocenters. The maximum atomic E-state index is 13.9. The second-order valence-electron chi connectivity index (χ2n) is 10.8. The van der Waals surface area contributed by atoms with Crippen molar-refractivity contribution < 1.29 is 39.0 Å². The van der Waals surface area contributed by atoms with Gasteiger partial charge in [-0.05, 0) is 50.7 Å². The predicted molar refractivity (Wildman–Crippen MR) is 143 cm³/mol. The summed E-state index contributed by atoms with van der Waals surface area (Å²) in [6.45, 7) is 0. The number of phenols is 1. The number of primary amides is 1. The quantitative estimate of drug-likeness (QED) is 0.253. The minimum atomic E-state index is -2.79. The van der Waals surface area contributed by atoms with Gasteiger partial charge < -0.3 is 26.2 Å². The van der Waals surface area contributed by atoms with Crippen LogP contribution < -0.4 is 16.0 Å². The Balaban J connectivity index is 1.87. The molecule has 0 bridgehead atoms. The number of amides is 2. The van der Waals surface area contributed by atoms with E-state index in [1.807, 2.05) is 0 Å². The number of fused-ring (bicyclic) bond motifs is 3. The summed E-state index contributed by atoms with van der Waals surface area (Å²) in [5.74, 6) is -11.5. The van der Waals surface area contributed by atoms with Gasteiger partial charge in [0, 0.05) is 25.7 Å². The third-order valence-electron chi connectivity index (χ3n) is 8.07. The fourth-order valence-electron chi connectivity index (χ4n) is 6.46. The third kappa shape index (κ3) is 4.23. The Hall–Kier alpha value is -3.29. The van der Waals surface area contributed by atoms with Crippen molar-refractivity contribution in [3.8, 4) is 5.75 Å². The van der Waals surface area contributed by atoms with Crippen molar-refractivity contribution in [3.05, 3.63) is 17.2 Å². The van der Waals surface area contributed by atoms with E-state index in [1.165, 1.54) is 30.8 Å². The highest BCUT2D eigenvalue weighted by Crippen LogP contribution is 2.52. The standard InChI is InChI=1S/C26H32N4O8S/c1-29(2)14-8-13(28-15(31)9-39-5)20(32)17-11(14)6-10-7-12-19(30(3)4)22(34)18(25(27)37)24(36)26(12,38)23(35)16(10)21(17)33/h8,10,12,16,18-19,32,38H,6-7,9H2,1-5H3,(H2,27,37)(H,28,31)/t10-,12-,16?,18?,19-,26-/m0/s1. The molecule has 3 aliphatic rings. The first-order chi connectivity index (χ1) is 18.2. The summed E-state index contributed by atoms with van der Waals surface area (Å²) in [4.78, 5) is 81.9. The largest absolute Gasteiger partial charge is 0.505 e. The summed E-state index contributed by atoms with van der Waals surface area (Å²) in [6.07, 6.45) is 1.83. The fraction of sp³-hybridized carbons (Fsp3) is 0.538. The van der Waals surface area contributed by atoms with Gasteiger partial charge in [-0.25, -0.2) is 0 Å². The lowest BCUT2D eigenvalue weighted by atomic mass is 9.52. The zero-order valence-corrected chi connectivity index (χ0v) is 23.1. The van der Waals surface area contributed by atoms with E-state index in [0.717, 1.165) is 0 Å². The molecule has 1 aromatic carbocycles. The van der Waals surface area contributed by atoms with Gasteiger partial charge in [0.05, 0.1) is 29.0 Å². The molecule has 1 aromatic rings. The van der Waals surface area contributed by atoms with Crippen molar-refractivity contribution in [2.75, 3.05) is 50.4 Å². The molecule has 12 nitrogen and oxygen atoms in total. The topological polar surface area (TPSA) is 187 Å². The third-order valence-corrected chi connectivity index (χ3v) is 8.62. The van der Waals surface area contributed by atoms with E-state index in [0.29, 0.717) is 11.3 Å². The number of hydrogen-bond donors (Lipinski definition) is 4. The normalized spacial score (nSPS) is 30.0. The molecule has 2 saturated carbocycles. The monoisotopic (exact) mass is 560 g/mol. The molecule has 2 amide bonds. The van der Waals surface area contributed by atoms with Crippen LogP contribution in [0.5, 0.6) is 5.75 Å². The second-order valence-corrected chi connectivity index (χ2v) is 11.7. The molecule has 13 heteroatoms. The van der Waals surface area contributed by atoms with Crippen LogP contribution in [-0.2, 0) is 30.4 Å². The van der Waals surface area contributed by atoms with Crippen molar-refractivity contribution in [1.82, 2.24) is 4.90 Å². The molecule has 0 radical (unpaired) electrons. The first-order valence-electron chi connectivity index (χ1n) is 12.4. The van der Waals surface area contributed by atoms with Crippen LogP contribution in [0, 0.1) is 23.7 Å². The molecule has 0 saturated heterocycles. The first-order valence-corrected chi connectivity index (χ1v) is 13.8. The zero-order chi connectivity index (χ0) is 29.1. The van der Waals surface area contributed by atoms with Crippen LogP contribution in [-0.4, -0.2) is 102 Å². The van der Waals surface area contributed by atoms with Crippen molar-refractivity contribution in [2.24, 2.45) is 29.4 Å². The number of Topliss-reactive ketones (excluding diaryl/α,β-unsaturated/α-hetero) is 4. The molecule has 0 aliphatic heterocycles. The molecule has 3 aliphatic carbocycles. The van der Waals surface area contributed by atoms with Crippen LogP contribution in [0.15, 0.2) is 6.07 Å². The van der Waals surface area contributed by atoms with E-state index in [2.05, 4.69) is 5.32 Å².